The number of aromatic nitrogens is 2. The summed E-state index contributed by atoms with van der Waals surface area (Å²) in [5, 5.41) is 11.5. The first kappa shape index (κ1) is 19.8. The molecule has 5 nitrogen and oxygen atoms in total. The van der Waals surface area contributed by atoms with Crippen molar-refractivity contribution in [2.24, 2.45) is 0 Å². The minimum atomic E-state index is -0.0369. The molecule has 0 saturated heterocycles. The monoisotopic (exact) mass is 382 g/mol. The predicted molar refractivity (Wildman–Crippen MR) is 104 cm³/mol. The van der Waals surface area contributed by atoms with Crippen LogP contribution >= 0.6 is 24.0 Å². The average Bonchev–Trinajstić information content (AvgIpc) is 2.78. The average molecular weight is 383 g/mol. The molecule has 0 radical (unpaired) electrons. The number of benzene rings is 1. The van der Waals surface area contributed by atoms with E-state index in [1.807, 2.05) is 30.7 Å². The number of nitrogens with one attached hydrogen (secondary N) is 2. The SMILES string of the molecule is Cc1cc(C)c(NC(=O)CCc2cc3n(n2)CCCNC3)c(Cl)c1.Cl. The number of hydrogen-bond acceptors (Lipinski definition) is 3. The van der Waals surface area contributed by atoms with Crippen molar-refractivity contribution in [1.82, 2.24) is 15.1 Å². The first-order valence-electron chi connectivity index (χ1n) is 8.36. The molecule has 7 heteroatoms. The molecular weight excluding hydrogens is 359 g/mol. The highest BCUT2D eigenvalue weighted by molar-refractivity contribution is 6.34. The summed E-state index contributed by atoms with van der Waals surface area (Å²) in [5.74, 6) is -0.0369. The number of carbonyl (C=O) groups excluding carboxylic acids is 1. The molecular formula is C18H24Cl2N4O. The molecule has 1 aromatic carbocycles. The van der Waals surface area contributed by atoms with Crippen LogP contribution in [0.25, 0.3) is 0 Å². The zero-order valence-corrected chi connectivity index (χ0v) is 16.1. The Bertz CT molecular complexity index is 711. The van der Waals surface area contributed by atoms with Gasteiger partial charge < -0.3 is 10.6 Å². The second-order valence-corrected chi connectivity index (χ2v) is 6.77. The fourth-order valence-corrected chi connectivity index (χ4v) is 3.43. The molecule has 0 saturated carbocycles. The van der Waals surface area contributed by atoms with Crippen LogP contribution in [0.3, 0.4) is 0 Å². The van der Waals surface area contributed by atoms with Gasteiger partial charge in [0.2, 0.25) is 5.91 Å². The summed E-state index contributed by atoms with van der Waals surface area (Å²) in [6, 6.07) is 5.97. The third kappa shape index (κ3) is 4.97. The molecule has 0 atom stereocenters. The molecule has 2 N–H and O–H groups in total. The van der Waals surface area contributed by atoms with Crippen LogP contribution in [0.5, 0.6) is 0 Å². The smallest absolute Gasteiger partial charge is 0.224 e. The van der Waals surface area contributed by atoms with Crippen LogP contribution in [0.1, 0.15) is 35.4 Å². The van der Waals surface area contributed by atoms with Gasteiger partial charge in [-0.1, -0.05) is 17.7 Å². The van der Waals surface area contributed by atoms with Crippen LogP contribution in [-0.2, 0) is 24.3 Å². The molecule has 3 rings (SSSR count). The van der Waals surface area contributed by atoms with Gasteiger partial charge in [0.05, 0.1) is 22.1 Å². The Kier molecular flexibility index (Phi) is 6.87. The van der Waals surface area contributed by atoms with Gasteiger partial charge in [0, 0.05) is 25.9 Å². The third-order valence-electron chi connectivity index (χ3n) is 4.25. The van der Waals surface area contributed by atoms with Gasteiger partial charge in [-0.25, -0.2) is 0 Å². The number of hydrogen-bond donors (Lipinski definition) is 2. The number of aryl methyl sites for hydroxylation is 4. The Morgan fingerprint density at radius 3 is 2.92 bits per heavy atom. The summed E-state index contributed by atoms with van der Waals surface area (Å²) in [7, 11) is 0. The van der Waals surface area contributed by atoms with Crippen molar-refractivity contribution in [3.8, 4) is 0 Å². The summed E-state index contributed by atoms with van der Waals surface area (Å²) in [6.45, 7) is 6.75. The first-order chi connectivity index (χ1) is 11.5. The second-order valence-electron chi connectivity index (χ2n) is 6.37. The minimum Gasteiger partial charge on any atom is -0.325 e. The van der Waals surface area contributed by atoms with Crippen molar-refractivity contribution in [1.29, 1.82) is 0 Å². The van der Waals surface area contributed by atoms with Gasteiger partial charge in [0.1, 0.15) is 0 Å². The molecule has 0 aliphatic carbocycles. The fraction of sp³-hybridized carbons (Fsp3) is 0.444. The minimum absolute atomic E-state index is 0. The van der Waals surface area contributed by atoms with E-state index in [-0.39, 0.29) is 18.3 Å². The van der Waals surface area contributed by atoms with Gasteiger partial charge in [-0.05, 0) is 50.1 Å². The summed E-state index contributed by atoms with van der Waals surface area (Å²) in [5.41, 5.74) is 4.93. The molecule has 2 heterocycles. The number of carbonyl (C=O) groups is 1. The second kappa shape index (κ2) is 8.70. The van der Waals surface area contributed by atoms with Gasteiger partial charge in [0.15, 0.2) is 0 Å². The van der Waals surface area contributed by atoms with E-state index in [1.165, 1.54) is 5.69 Å². The Hall–Kier alpha value is -1.56. The molecule has 0 spiro atoms. The molecule has 1 aliphatic rings. The highest BCUT2D eigenvalue weighted by Crippen LogP contribution is 2.27. The van der Waals surface area contributed by atoms with Crippen molar-refractivity contribution in [3.05, 3.63) is 45.7 Å². The van der Waals surface area contributed by atoms with Crippen LogP contribution in [0.15, 0.2) is 18.2 Å². The quantitative estimate of drug-likeness (QED) is 0.848. The summed E-state index contributed by atoms with van der Waals surface area (Å²) >= 11 is 6.24. The van der Waals surface area contributed by atoms with Crippen LogP contribution in [-0.4, -0.2) is 22.2 Å². The van der Waals surface area contributed by atoms with Gasteiger partial charge in [-0.2, -0.15) is 5.10 Å². The summed E-state index contributed by atoms with van der Waals surface area (Å²) < 4.78 is 2.05. The molecule has 1 aromatic heterocycles. The first-order valence-corrected chi connectivity index (χ1v) is 8.73. The maximum Gasteiger partial charge on any atom is 0.224 e. The molecule has 2 aromatic rings. The highest BCUT2D eigenvalue weighted by atomic mass is 35.5. The lowest BCUT2D eigenvalue weighted by atomic mass is 10.1. The van der Waals surface area contributed by atoms with Crippen molar-refractivity contribution in [3.63, 3.8) is 0 Å². The number of rotatable bonds is 4. The Labute approximate surface area is 159 Å². The highest BCUT2D eigenvalue weighted by Gasteiger charge is 2.13. The number of nitrogens with zero attached hydrogens (tertiary/aromatic N) is 2. The van der Waals surface area contributed by atoms with E-state index in [1.54, 1.807) is 0 Å². The Morgan fingerprint density at radius 1 is 1.36 bits per heavy atom. The lowest BCUT2D eigenvalue weighted by Gasteiger charge is -2.11. The predicted octanol–water partition coefficient (Wildman–Crippen LogP) is 3.64. The van der Waals surface area contributed by atoms with Gasteiger partial charge in [0.25, 0.3) is 0 Å². The molecule has 136 valence electrons. The van der Waals surface area contributed by atoms with Crippen LogP contribution in [0.4, 0.5) is 5.69 Å². The molecule has 0 unspecified atom stereocenters. The van der Waals surface area contributed by atoms with E-state index in [2.05, 4.69) is 21.8 Å². The Balaban J connectivity index is 0.00000225. The number of amides is 1. The van der Waals surface area contributed by atoms with Crippen molar-refractivity contribution in [2.75, 3.05) is 11.9 Å². The van der Waals surface area contributed by atoms with Crippen LogP contribution in [0.2, 0.25) is 5.02 Å². The zero-order valence-electron chi connectivity index (χ0n) is 14.6. The topological polar surface area (TPSA) is 59.0 Å². The lowest BCUT2D eigenvalue weighted by molar-refractivity contribution is -0.116. The summed E-state index contributed by atoms with van der Waals surface area (Å²) in [6.07, 6.45) is 2.11. The standard InChI is InChI=1S/C18H23ClN4O.ClH/c1-12-8-13(2)18(16(19)9-12)21-17(24)5-4-14-10-15-11-20-6-3-7-23(15)22-14;/h8-10,20H,3-7,11H2,1-2H3,(H,21,24);1H. The molecule has 1 aliphatic heterocycles. The van der Waals surface area contributed by atoms with E-state index in [9.17, 15) is 4.79 Å². The van der Waals surface area contributed by atoms with Crippen molar-refractivity contribution < 1.29 is 4.79 Å². The van der Waals surface area contributed by atoms with E-state index in [4.69, 9.17) is 11.6 Å². The fourth-order valence-electron chi connectivity index (χ4n) is 3.06. The summed E-state index contributed by atoms with van der Waals surface area (Å²) in [4.78, 5) is 12.3. The largest absolute Gasteiger partial charge is 0.325 e. The molecule has 1 amide bonds. The van der Waals surface area contributed by atoms with E-state index >= 15 is 0 Å². The Morgan fingerprint density at radius 2 is 2.16 bits per heavy atom. The van der Waals surface area contributed by atoms with Gasteiger partial charge in [-0.15, -0.1) is 12.4 Å². The third-order valence-corrected chi connectivity index (χ3v) is 4.55. The molecule has 25 heavy (non-hydrogen) atoms. The lowest BCUT2D eigenvalue weighted by Crippen LogP contribution is -2.14. The van der Waals surface area contributed by atoms with E-state index < -0.39 is 0 Å². The van der Waals surface area contributed by atoms with E-state index in [0.29, 0.717) is 23.6 Å². The van der Waals surface area contributed by atoms with Gasteiger partial charge >= 0.3 is 0 Å². The van der Waals surface area contributed by atoms with Gasteiger partial charge in [-0.3, -0.25) is 9.48 Å². The number of anilines is 1. The van der Waals surface area contributed by atoms with Crippen molar-refractivity contribution in [2.45, 2.75) is 46.2 Å². The van der Waals surface area contributed by atoms with Crippen LogP contribution in [0, 0.1) is 13.8 Å². The number of halogens is 2. The molecule has 0 fully saturated rings. The normalized spacial score (nSPS) is 13.6. The maximum atomic E-state index is 12.3. The van der Waals surface area contributed by atoms with Crippen LogP contribution < -0.4 is 10.6 Å². The molecule has 0 bridgehead atoms. The number of fused-ring (bicyclic) bond motifs is 1. The zero-order chi connectivity index (χ0) is 17.1. The van der Waals surface area contributed by atoms with E-state index in [0.717, 1.165) is 42.9 Å². The van der Waals surface area contributed by atoms with Crippen molar-refractivity contribution >= 4 is 35.6 Å². The maximum absolute atomic E-state index is 12.3.